The van der Waals surface area contributed by atoms with Crippen LogP contribution in [0.15, 0.2) is 30.5 Å². The lowest BCUT2D eigenvalue weighted by Crippen LogP contribution is -2.50. The van der Waals surface area contributed by atoms with Gasteiger partial charge in [-0.3, -0.25) is 4.79 Å². The molecule has 0 bridgehead atoms. The van der Waals surface area contributed by atoms with Crippen LogP contribution in [0.2, 0.25) is 0 Å². The molecule has 2 amide bonds. The van der Waals surface area contributed by atoms with Gasteiger partial charge >= 0.3 is 6.03 Å². The topological polar surface area (TPSA) is 76.7 Å². The van der Waals surface area contributed by atoms with Crippen molar-refractivity contribution in [3.05, 3.63) is 36.0 Å². The van der Waals surface area contributed by atoms with Gasteiger partial charge in [-0.25, -0.2) is 4.79 Å². The third-order valence-electron chi connectivity index (χ3n) is 3.46. The molecule has 2 unspecified atom stereocenters. The summed E-state index contributed by atoms with van der Waals surface area (Å²) in [6.45, 7) is 5.43. The van der Waals surface area contributed by atoms with E-state index in [2.05, 4.69) is 17.2 Å². The van der Waals surface area contributed by atoms with E-state index in [0.717, 1.165) is 5.56 Å². The van der Waals surface area contributed by atoms with Crippen LogP contribution >= 0.6 is 0 Å². The highest BCUT2D eigenvalue weighted by atomic mass is 16.7. The summed E-state index contributed by atoms with van der Waals surface area (Å²) in [5, 5.41) is 5.30. The fourth-order valence-electron chi connectivity index (χ4n) is 2.55. The van der Waals surface area contributed by atoms with E-state index < -0.39 is 12.0 Å². The number of benzene rings is 1. The minimum atomic E-state index is -0.506. The molecule has 2 N–H and O–H groups in total. The van der Waals surface area contributed by atoms with Gasteiger partial charge in [-0.15, -0.1) is 0 Å². The van der Waals surface area contributed by atoms with Gasteiger partial charge < -0.3 is 20.1 Å². The first-order valence-electron chi connectivity index (χ1n) is 6.22. The first-order valence-corrected chi connectivity index (χ1v) is 6.22. The Morgan fingerprint density at radius 1 is 1.35 bits per heavy atom. The molecule has 1 aromatic rings. The van der Waals surface area contributed by atoms with E-state index >= 15 is 0 Å². The van der Waals surface area contributed by atoms with Crippen LogP contribution in [0, 0.1) is 5.92 Å². The minimum Gasteiger partial charge on any atom is -0.454 e. The van der Waals surface area contributed by atoms with E-state index in [0.29, 0.717) is 17.2 Å². The van der Waals surface area contributed by atoms with Crippen LogP contribution < -0.4 is 20.1 Å². The van der Waals surface area contributed by atoms with Crippen molar-refractivity contribution in [2.24, 2.45) is 5.92 Å². The first-order chi connectivity index (χ1) is 9.56. The van der Waals surface area contributed by atoms with Gasteiger partial charge in [-0.05, 0) is 24.6 Å². The number of hydrogen-bond acceptors (Lipinski definition) is 4. The molecule has 0 radical (unpaired) electrons. The Morgan fingerprint density at radius 3 is 2.85 bits per heavy atom. The van der Waals surface area contributed by atoms with Crippen molar-refractivity contribution in [1.29, 1.82) is 0 Å². The molecule has 0 aliphatic carbocycles. The number of carbonyl (C=O) groups excluding carboxylic acids is 2. The van der Waals surface area contributed by atoms with Crippen LogP contribution in [0.1, 0.15) is 18.5 Å². The van der Waals surface area contributed by atoms with Crippen LogP contribution in [0.4, 0.5) is 4.79 Å². The highest BCUT2D eigenvalue weighted by Crippen LogP contribution is 2.37. The maximum absolute atomic E-state index is 11.8. The lowest BCUT2D eigenvalue weighted by atomic mass is 9.86. The standard InChI is InChI=1S/C14H14N2O4/c1-7-12(8(2)17)13(16-14(18)15-7)9-3-4-10-11(5-9)20-6-19-10/h3-5,12-13H,1,6H2,2H3,(H2,15,16,18). The molecule has 2 atom stereocenters. The number of carbonyl (C=O) groups is 2. The Hall–Kier alpha value is -2.50. The van der Waals surface area contributed by atoms with Crippen molar-refractivity contribution in [3.8, 4) is 11.5 Å². The van der Waals surface area contributed by atoms with Gasteiger partial charge in [0.25, 0.3) is 0 Å². The first kappa shape index (κ1) is 12.5. The van der Waals surface area contributed by atoms with Crippen molar-refractivity contribution in [2.75, 3.05) is 6.79 Å². The summed E-state index contributed by atoms with van der Waals surface area (Å²) in [4.78, 5) is 23.4. The summed E-state index contributed by atoms with van der Waals surface area (Å²) >= 11 is 0. The van der Waals surface area contributed by atoms with E-state index in [1.54, 1.807) is 12.1 Å². The number of nitrogens with one attached hydrogen (secondary N) is 2. The largest absolute Gasteiger partial charge is 0.454 e. The van der Waals surface area contributed by atoms with Crippen molar-refractivity contribution in [2.45, 2.75) is 13.0 Å². The predicted molar refractivity (Wildman–Crippen MR) is 70.3 cm³/mol. The molecular formula is C14H14N2O4. The van der Waals surface area contributed by atoms with Crippen LogP contribution in [-0.4, -0.2) is 18.6 Å². The van der Waals surface area contributed by atoms with Crippen molar-refractivity contribution in [1.82, 2.24) is 10.6 Å². The van der Waals surface area contributed by atoms with Gasteiger partial charge in [0.1, 0.15) is 5.78 Å². The molecule has 20 heavy (non-hydrogen) atoms. The average Bonchev–Trinajstić information content (AvgIpc) is 2.84. The minimum absolute atomic E-state index is 0.0647. The van der Waals surface area contributed by atoms with Crippen LogP contribution in [0.5, 0.6) is 11.5 Å². The molecule has 1 saturated heterocycles. The average molecular weight is 274 g/mol. The molecule has 0 saturated carbocycles. The molecule has 6 nitrogen and oxygen atoms in total. The van der Waals surface area contributed by atoms with Crippen LogP contribution in [0.25, 0.3) is 0 Å². The molecule has 2 aliphatic heterocycles. The van der Waals surface area contributed by atoms with E-state index in [4.69, 9.17) is 9.47 Å². The fourth-order valence-corrected chi connectivity index (χ4v) is 2.55. The summed E-state index contributed by atoms with van der Waals surface area (Å²) in [6, 6.07) is 4.54. The number of amides is 2. The van der Waals surface area contributed by atoms with E-state index in [9.17, 15) is 9.59 Å². The molecule has 3 rings (SSSR count). The third kappa shape index (κ3) is 1.99. The Balaban J connectivity index is 1.99. The fraction of sp³-hybridized carbons (Fsp3) is 0.286. The zero-order valence-electron chi connectivity index (χ0n) is 10.9. The number of fused-ring (bicyclic) bond motifs is 1. The van der Waals surface area contributed by atoms with Crippen molar-refractivity contribution < 1.29 is 19.1 Å². The molecule has 104 valence electrons. The SMILES string of the molecule is C=C1NC(=O)NC(c2ccc3c(c2)OCO3)C1C(C)=O. The highest BCUT2D eigenvalue weighted by Gasteiger charge is 2.36. The summed E-state index contributed by atoms with van der Waals surface area (Å²) in [5.74, 6) is 0.702. The van der Waals surface area contributed by atoms with E-state index in [-0.39, 0.29) is 18.6 Å². The molecule has 0 spiro atoms. The third-order valence-corrected chi connectivity index (χ3v) is 3.46. The van der Waals surface area contributed by atoms with Gasteiger partial charge in [0.05, 0.1) is 12.0 Å². The van der Waals surface area contributed by atoms with E-state index in [1.807, 2.05) is 6.07 Å². The predicted octanol–water partition coefficient (Wildman–Crippen LogP) is 1.49. The number of ketones is 1. The van der Waals surface area contributed by atoms with Crippen LogP contribution in [-0.2, 0) is 4.79 Å². The number of rotatable bonds is 2. The monoisotopic (exact) mass is 274 g/mol. The maximum atomic E-state index is 11.8. The van der Waals surface area contributed by atoms with Gasteiger partial charge in [0.2, 0.25) is 6.79 Å². The molecule has 0 aromatic heterocycles. The van der Waals surface area contributed by atoms with Crippen molar-refractivity contribution in [3.63, 3.8) is 0 Å². The van der Waals surface area contributed by atoms with Crippen molar-refractivity contribution >= 4 is 11.8 Å². The molecule has 2 heterocycles. The molecule has 1 fully saturated rings. The second-order valence-electron chi connectivity index (χ2n) is 4.80. The summed E-state index contributed by atoms with van der Waals surface area (Å²) in [7, 11) is 0. The molecule has 1 aromatic carbocycles. The van der Waals surface area contributed by atoms with Gasteiger partial charge in [-0.2, -0.15) is 0 Å². The number of hydrogen-bond donors (Lipinski definition) is 2. The van der Waals surface area contributed by atoms with E-state index in [1.165, 1.54) is 6.92 Å². The van der Waals surface area contributed by atoms with Gasteiger partial charge in [0.15, 0.2) is 11.5 Å². The zero-order chi connectivity index (χ0) is 14.3. The Kier molecular flexibility index (Phi) is 2.85. The lowest BCUT2D eigenvalue weighted by Gasteiger charge is -2.33. The Morgan fingerprint density at radius 2 is 2.10 bits per heavy atom. The maximum Gasteiger partial charge on any atom is 0.319 e. The molecule has 6 heteroatoms. The highest BCUT2D eigenvalue weighted by molar-refractivity contribution is 5.88. The zero-order valence-corrected chi connectivity index (χ0v) is 10.9. The number of Topliss-reactive ketones (excluding diaryl/α,β-unsaturated/α-hetero) is 1. The van der Waals surface area contributed by atoms with Gasteiger partial charge in [0, 0.05) is 5.70 Å². The Bertz CT molecular complexity index is 611. The van der Waals surface area contributed by atoms with Crippen LogP contribution in [0.3, 0.4) is 0 Å². The van der Waals surface area contributed by atoms with Gasteiger partial charge in [-0.1, -0.05) is 12.6 Å². The summed E-state index contributed by atoms with van der Waals surface area (Å²) < 4.78 is 10.6. The Labute approximate surface area is 115 Å². The second-order valence-corrected chi connectivity index (χ2v) is 4.80. The quantitative estimate of drug-likeness (QED) is 0.856. The second kappa shape index (κ2) is 4.56. The summed E-state index contributed by atoms with van der Waals surface area (Å²) in [6.07, 6.45) is 0. The molecule has 2 aliphatic rings. The lowest BCUT2D eigenvalue weighted by molar-refractivity contribution is -0.120. The summed E-state index contributed by atoms with van der Waals surface area (Å²) in [5.41, 5.74) is 1.19. The number of ether oxygens (including phenoxy) is 2. The molecular weight excluding hydrogens is 260 g/mol. The normalized spacial score (nSPS) is 24.1. The number of urea groups is 1. The smallest absolute Gasteiger partial charge is 0.319 e.